The van der Waals surface area contributed by atoms with Gasteiger partial charge < -0.3 is 15.0 Å². The SMILES string of the molecule is Cc1c(C)n(Cc2ccccc2)c2ncnc(NCCc3ccc(O)cc3)c12. The van der Waals surface area contributed by atoms with Crippen molar-refractivity contribution in [1.29, 1.82) is 0 Å². The molecule has 5 heteroatoms. The molecule has 0 atom stereocenters. The molecule has 0 saturated carbocycles. The van der Waals surface area contributed by atoms with Gasteiger partial charge in [-0.1, -0.05) is 42.5 Å². The number of phenolic OH excluding ortho intramolecular Hbond substituents is 1. The number of aromatic nitrogens is 3. The van der Waals surface area contributed by atoms with Crippen LogP contribution in [0.5, 0.6) is 5.75 Å². The van der Waals surface area contributed by atoms with Crippen molar-refractivity contribution in [3.8, 4) is 5.75 Å². The number of aryl methyl sites for hydroxylation is 1. The van der Waals surface area contributed by atoms with E-state index in [4.69, 9.17) is 0 Å². The predicted octanol–water partition coefficient (Wildman–Crippen LogP) is 4.46. The van der Waals surface area contributed by atoms with Crippen LogP contribution in [-0.4, -0.2) is 26.2 Å². The van der Waals surface area contributed by atoms with Crippen molar-refractivity contribution in [3.05, 3.63) is 83.3 Å². The minimum Gasteiger partial charge on any atom is -0.508 e. The Kier molecular flexibility index (Phi) is 4.98. The van der Waals surface area contributed by atoms with Crippen molar-refractivity contribution in [3.63, 3.8) is 0 Å². The summed E-state index contributed by atoms with van der Waals surface area (Å²) < 4.78 is 2.26. The summed E-state index contributed by atoms with van der Waals surface area (Å²) in [5, 5.41) is 14.0. The van der Waals surface area contributed by atoms with Crippen LogP contribution >= 0.6 is 0 Å². The lowest BCUT2D eigenvalue weighted by molar-refractivity contribution is 0.475. The standard InChI is InChI=1S/C23H24N4O/c1-16-17(2)27(14-19-6-4-3-5-7-19)23-21(16)22(25-15-26-23)24-13-12-18-8-10-20(28)11-9-18/h3-11,15,28H,12-14H2,1-2H3,(H,24,25,26). The summed E-state index contributed by atoms with van der Waals surface area (Å²) in [7, 11) is 0. The quantitative estimate of drug-likeness (QED) is 0.525. The van der Waals surface area contributed by atoms with Gasteiger partial charge in [0, 0.05) is 18.8 Å². The first-order valence-corrected chi connectivity index (χ1v) is 9.49. The highest BCUT2D eigenvalue weighted by atomic mass is 16.3. The molecule has 0 unspecified atom stereocenters. The summed E-state index contributed by atoms with van der Waals surface area (Å²) in [6.45, 7) is 5.83. The van der Waals surface area contributed by atoms with Gasteiger partial charge in [0.15, 0.2) is 0 Å². The molecule has 28 heavy (non-hydrogen) atoms. The van der Waals surface area contributed by atoms with Gasteiger partial charge in [0.25, 0.3) is 0 Å². The summed E-state index contributed by atoms with van der Waals surface area (Å²) in [5.41, 5.74) is 5.80. The third-order valence-corrected chi connectivity index (χ3v) is 5.23. The Balaban J connectivity index is 1.59. The highest BCUT2D eigenvalue weighted by Crippen LogP contribution is 2.29. The van der Waals surface area contributed by atoms with Crippen LogP contribution in [0.4, 0.5) is 5.82 Å². The first-order chi connectivity index (χ1) is 13.6. The second-order valence-electron chi connectivity index (χ2n) is 7.05. The van der Waals surface area contributed by atoms with E-state index in [-0.39, 0.29) is 0 Å². The number of hydrogen-bond donors (Lipinski definition) is 2. The van der Waals surface area contributed by atoms with Crippen LogP contribution in [-0.2, 0) is 13.0 Å². The zero-order chi connectivity index (χ0) is 19.5. The highest BCUT2D eigenvalue weighted by Gasteiger charge is 2.16. The van der Waals surface area contributed by atoms with Gasteiger partial charge in [-0.15, -0.1) is 0 Å². The molecule has 4 rings (SSSR count). The lowest BCUT2D eigenvalue weighted by Crippen LogP contribution is -2.07. The van der Waals surface area contributed by atoms with Crippen molar-refractivity contribution >= 4 is 16.9 Å². The number of anilines is 1. The number of fused-ring (bicyclic) bond motifs is 1. The van der Waals surface area contributed by atoms with E-state index >= 15 is 0 Å². The average Bonchev–Trinajstić information content (AvgIpc) is 2.96. The van der Waals surface area contributed by atoms with Crippen LogP contribution in [0.25, 0.3) is 11.0 Å². The summed E-state index contributed by atoms with van der Waals surface area (Å²) in [6.07, 6.45) is 2.49. The molecule has 2 aromatic carbocycles. The summed E-state index contributed by atoms with van der Waals surface area (Å²) in [4.78, 5) is 9.08. The van der Waals surface area contributed by atoms with Gasteiger partial charge >= 0.3 is 0 Å². The van der Waals surface area contributed by atoms with Crippen molar-refractivity contribution in [1.82, 2.24) is 14.5 Å². The summed E-state index contributed by atoms with van der Waals surface area (Å²) in [6, 6.07) is 17.8. The Bertz CT molecular complexity index is 1090. The molecule has 2 aromatic heterocycles. The zero-order valence-corrected chi connectivity index (χ0v) is 16.2. The van der Waals surface area contributed by atoms with Crippen molar-refractivity contribution < 1.29 is 5.11 Å². The summed E-state index contributed by atoms with van der Waals surface area (Å²) >= 11 is 0. The first kappa shape index (κ1) is 18.0. The third-order valence-electron chi connectivity index (χ3n) is 5.23. The molecule has 2 heterocycles. The molecule has 0 bridgehead atoms. The van der Waals surface area contributed by atoms with Crippen molar-refractivity contribution in [2.24, 2.45) is 0 Å². The Morgan fingerprint density at radius 2 is 1.68 bits per heavy atom. The minimum atomic E-state index is 0.292. The van der Waals surface area contributed by atoms with E-state index in [0.29, 0.717) is 5.75 Å². The Labute approximate surface area is 164 Å². The molecule has 0 saturated heterocycles. The molecule has 0 aliphatic rings. The summed E-state index contributed by atoms with van der Waals surface area (Å²) in [5.74, 6) is 1.16. The Morgan fingerprint density at radius 1 is 0.929 bits per heavy atom. The van der Waals surface area contributed by atoms with E-state index in [1.54, 1.807) is 18.5 Å². The van der Waals surface area contributed by atoms with Gasteiger partial charge in [0.1, 0.15) is 23.5 Å². The van der Waals surface area contributed by atoms with E-state index < -0.39 is 0 Å². The number of nitrogens with one attached hydrogen (secondary N) is 1. The minimum absolute atomic E-state index is 0.292. The number of nitrogens with zero attached hydrogens (tertiary/aromatic N) is 3. The fourth-order valence-corrected chi connectivity index (χ4v) is 3.55. The Hall–Kier alpha value is -3.34. The second-order valence-corrected chi connectivity index (χ2v) is 7.05. The van der Waals surface area contributed by atoms with Gasteiger partial charge in [-0.3, -0.25) is 0 Å². The van der Waals surface area contributed by atoms with Crippen LogP contribution < -0.4 is 5.32 Å². The first-order valence-electron chi connectivity index (χ1n) is 9.49. The van der Waals surface area contributed by atoms with E-state index in [9.17, 15) is 5.11 Å². The van der Waals surface area contributed by atoms with Gasteiger partial charge in [0.05, 0.1) is 5.39 Å². The molecule has 0 fully saturated rings. The van der Waals surface area contributed by atoms with Gasteiger partial charge in [0.2, 0.25) is 0 Å². The molecule has 4 aromatic rings. The van der Waals surface area contributed by atoms with E-state index in [1.807, 2.05) is 18.2 Å². The normalized spacial score (nSPS) is 11.1. The fraction of sp³-hybridized carbons (Fsp3) is 0.217. The van der Waals surface area contributed by atoms with Crippen molar-refractivity contribution in [2.75, 3.05) is 11.9 Å². The number of hydrogen-bond acceptors (Lipinski definition) is 4. The fourth-order valence-electron chi connectivity index (χ4n) is 3.55. The maximum absolute atomic E-state index is 9.41. The molecule has 2 N–H and O–H groups in total. The van der Waals surface area contributed by atoms with Crippen LogP contribution in [0.15, 0.2) is 60.9 Å². The molecular weight excluding hydrogens is 348 g/mol. The molecule has 142 valence electrons. The Morgan fingerprint density at radius 3 is 2.43 bits per heavy atom. The number of rotatable bonds is 6. The average molecular weight is 372 g/mol. The monoisotopic (exact) mass is 372 g/mol. The van der Waals surface area contributed by atoms with Gasteiger partial charge in [-0.05, 0) is 49.1 Å². The zero-order valence-electron chi connectivity index (χ0n) is 16.2. The van der Waals surface area contributed by atoms with Crippen LogP contribution in [0.3, 0.4) is 0 Å². The molecule has 5 nitrogen and oxygen atoms in total. The lowest BCUT2D eigenvalue weighted by Gasteiger charge is -2.09. The van der Waals surface area contributed by atoms with Gasteiger partial charge in [-0.2, -0.15) is 0 Å². The molecule has 0 amide bonds. The maximum atomic E-state index is 9.41. The van der Waals surface area contributed by atoms with Crippen LogP contribution in [0, 0.1) is 13.8 Å². The number of benzene rings is 2. The van der Waals surface area contributed by atoms with E-state index in [2.05, 4.69) is 58.0 Å². The molecule has 0 aliphatic heterocycles. The number of aromatic hydroxyl groups is 1. The van der Waals surface area contributed by atoms with Crippen LogP contribution in [0.1, 0.15) is 22.4 Å². The van der Waals surface area contributed by atoms with E-state index in [1.165, 1.54) is 22.4 Å². The largest absolute Gasteiger partial charge is 0.508 e. The smallest absolute Gasteiger partial charge is 0.146 e. The number of phenols is 1. The second kappa shape index (κ2) is 7.72. The molecular formula is C23H24N4O. The molecule has 0 spiro atoms. The third kappa shape index (κ3) is 3.56. The highest BCUT2D eigenvalue weighted by molar-refractivity contribution is 5.91. The molecule has 0 radical (unpaired) electrons. The van der Waals surface area contributed by atoms with E-state index in [0.717, 1.165) is 36.4 Å². The van der Waals surface area contributed by atoms with Crippen LogP contribution in [0.2, 0.25) is 0 Å². The lowest BCUT2D eigenvalue weighted by atomic mass is 10.1. The van der Waals surface area contributed by atoms with Gasteiger partial charge in [-0.25, -0.2) is 9.97 Å². The topological polar surface area (TPSA) is 63.0 Å². The van der Waals surface area contributed by atoms with Crippen molar-refractivity contribution in [2.45, 2.75) is 26.8 Å². The molecule has 0 aliphatic carbocycles. The predicted molar refractivity (Wildman–Crippen MR) is 113 cm³/mol. The maximum Gasteiger partial charge on any atom is 0.146 e.